The van der Waals surface area contributed by atoms with E-state index in [0.717, 1.165) is 10.9 Å². The van der Waals surface area contributed by atoms with Crippen LogP contribution in [-0.2, 0) is 20.3 Å². The van der Waals surface area contributed by atoms with Gasteiger partial charge in [0.2, 0.25) is 0 Å². The van der Waals surface area contributed by atoms with Crippen molar-refractivity contribution in [2.45, 2.75) is 49.9 Å². The smallest absolute Gasteiger partial charge is 1.00 e. The van der Waals surface area contributed by atoms with E-state index in [4.69, 9.17) is 0 Å². The predicted molar refractivity (Wildman–Crippen MR) is 106 cm³/mol. The summed E-state index contributed by atoms with van der Waals surface area (Å²) in [5, 5.41) is 0. The van der Waals surface area contributed by atoms with Crippen LogP contribution in [0.2, 0.25) is 7.25 Å². The Kier molecular flexibility index (Phi) is 5.58. The molecular formula is C25H26Cl2Zr. The quantitative estimate of drug-likeness (QED) is 0.598. The number of halogens is 2. The van der Waals surface area contributed by atoms with E-state index in [1.54, 1.807) is 16.7 Å². The first kappa shape index (κ1) is 20.6. The van der Waals surface area contributed by atoms with Crippen molar-refractivity contribution in [2.24, 2.45) is 0 Å². The largest absolute Gasteiger partial charge is 1.00 e. The fraction of sp³-hybridized carbons (Fsp3) is 0.360. The van der Waals surface area contributed by atoms with Crippen LogP contribution in [-0.4, -0.2) is 0 Å². The van der Waals surface area contributed by atoms with Gasteiger partial charge in [0.25, 0.3) is 0 Å². The fourth-order valence-electron chi connectivity index (χ4n) is 7.03. The van der Waals surface area contributed by atoms with Gasteiger partial charge in [-0.2, -0.15) is 0 Å². The standard InChI is InChI=1S/C13H9.C6H7.C6H10.2ClH.Zr/c1-3-7-12-10(5-1)9-11-6-2-4-8-13(11)12;1-6-4-2-3-5-6;1-2-4-6-5-3-1;;;/h1-9H;2,4H,3H2,1H3;1-2H,3-6H2;2*1H;/q;;;;;+2/p-2. The van der Waals surface area contributed by atoms with Crippen LogP contribution in [0.25, 0.3) is 11.1 Å². The normalized spacial score (nSPS) is 27.2. The molecule has 0 aromatic heterocycles. The molecule has 2 unspecified atom stereocenters. The Morgan fingerprint density at radius 1 is 0.786 bits per heavy atom. The van der Waals surface area contributed by atoms with E-state index in [1.165, 1.54) is 43.2 Å². The monoisotopic (exact) mass is 486 g/mol. The summed E-state index contributed by atoms with van der Waals surface area (Å²) in [4.78, 5) is 0. The fourth-order valence-corrected chi connectivity index (χ4v) is 28.5. The van der Waals surface area contributed by atoms with Gasteiger partial charge in [-0.25, -0.2) is 0 Å². The summed E-state index contributed by atoms with van der Waals surface area (Å²) in [6.45, 7) is 2.41. The van der Waals surface area contributed by atoms with Crippen LogP contribution < -0.4 is 24.8 Å². The first-order valence-electron chi connectivity index (χ1n) is 10.4. The zero-order valence-corrected chi connectivity index (χ0v) is 20.3. The van der Waals surface area contributed by atoms with Gasteiger partial charge in [-0.1, -0.05) is 0 Å². The molecule has 4 aliphatic rings. The molecule has 28 heavy (non-hydrogen) atoms. The molecule has 0 spiro atoms. The number of benzene rings is 2. The number of rotatable bonds is 2. The predicted octanol–water partition coefficient (Wildman–Crippen LogP) is 1.32. The Hall–Kier alpha value is -0.617. The second kappa shape index (κ2) is 7.57. The van der Waals surface area contributed by atoms with Crippen LogP contribution in [0, 0.1) is 0 Å². The van der Waals surface area contributed by atoms with Crippen LogP contribution in [0.3, 0.4) is 0 Å². The SMILES string of the molecule is CC1=[C]([Zr+2]2([CH]3c4ccccc4-c4ccccc43)[CH]3CCCC[CH]32)CC=C1.[Cl-].[Cl-]. The van der Waals surface area contributed by atoms with Crippen LogP contribution in [0.4, 0.5) is 0 Å². The third kappa shape index (κ3) is 2.59. The number of hydrogen-bond donors (Lipinski definition) is 0. The Morgan fingerprint density at radius 2 is 1.32 bits per heavy atom. The minimum atomic E-state index is -2.51. The van der Waals surface area contributed by atoms with E-state index in [9.17, 15) is 0 Å². The summed E-state index contributed by atoms with van der Waals surface area (Å²) in [5.41, 5.74) is 8.10. The molecule has 6 rings (SSSR count). The van der Waals surface area contributed by atoms with E-state index in [-0.39, 0.29) is 24.8 Å². The second-order valence-corrected chi connectivity index (χ2v) is 19.9. The maximum absolute atomic E-state index is 2.51. The minimum absolute atomic E-state index is 0. The summed E-state index contributed by atoms with van der Waals surface area (Å²) >= 11 is -2.51. The molecule has 1 saturated heterocycles. The summed E-state index contributed by atoms with van der Waals surface area (Å²) in [6, 6.07) is 18.8. The first-order chi connectivity index (χ1) is 12.8. The van der Waals surface area contributed by atoms with Gasteiger partial charge in [0.05, 0.1) is 0 Å². The van der Waals surface area contributed by atoms with Crippen LogP contribution in [0.1, 0.15) is 53.8 Å². The molecular weight excluding hydrogens is 462 g/mol. The molecule has 0 bridgehead atoms. The first-order valence-corrected chi connectivity index (χ1v) is 15.9. The maximum Gasteiger partial charge on any atom is -1.00 e. The third-order valence-electron chi connectivity index (χ3n) is 7.88. The van der Waals surface area contributed by atoms with Gasteiger partial charge in [-0.3, -0.25) is 0 Å². The molecule has 0 N–H and O–H groups in total. The van der Waals surface area contributed by atoms with Gasteiger partial charge in [-0.15, -0.1) is 0 Å². The number of allylic oxidation sites excluding steroid dienone is 4. The Balaban J connectivity index is 0.000000961. The molecule has 3 heteroatoms. The molecule has 2 fully saturated rings. The van der Waals surface area contributed by atoms with Crippen LogP contribution in [0.15, 0.2) is 69.5 Å². The van der Waals surface area contributed by atoms with Gasteiger partial charge in [0.1, 0.15) is 0 Å². The van der Waals surface area contributed by atoms with E-state index in [0.29, 0.717) is 0 Å². The molecule has 2 atom stereocenters. The summed E-state index contributed by atoms with van der Waals surface area (Å²) < 4.78 is 4.96. The average Bonchev–Trinajstić information content (AvgIpc) is 2.98. The van der Waals surface area contributed by atoms with Crippen molar-refractivity contribution in [3.63, 3.8) is 0 Å². The van der Waals surface area contributed by atoms with Crippen molar-refractivity contribution in [3.8, 4) is 11.1 Å². The van der Waals surface area contributed by atoms with E-state index >= 15 is 0 Å². The minimum Gasteiger partial charge on any atom is -1.00 e. The van der Waals surface area contributed by atoms with Gasteiger partial charge in [0, 0.05) is 0 Å². The van der Waals surface area contributed by atoms with Crippen molar-refractivity contribution < 1.29 is 45.1 Å². The van der Waals surface area contributed by atoms with Gasteiger partial charge in [0.15, 0.2) is 0 Å². The molecule has 0 amide bonds. The van der Waals surface area contributed by atoms with Crippen LogP contribution >= 0.6 is 0 Å². The zero-order chi connectivity index (χ0) is 17.3. The molecule has 144 valence electrons. The summed E-state index contributed by atoms with van der Waals surface area (Å²) in [5.74, 6) is 0. The molecule has 2 aromatic rings. The molecule has 1 heterocycles. The van der Waals surface area contributed by atoms with Crippen molar-refractivity contribution in [2.75, 3.05) is 0 Å². The molecule has 1 saturated carbocycles. The van der Waals surface area contributed by atoms with Crippen molar-refractivity contribution in [1.29, 1.82) is 0 Å². The van der Waals surface area contributed by atoms with Gasteiger partial charge >= 0.3 is 162 Å². The Morgan fingerprint density at radius 3 is 1.82 bits per heavy atom. The molecule has 3 aliphatic carbocycles. The van der Waals surface area contributed by atoms with Crippen molar-refractivity contribution >= 4 is 0 Å². The zero-order valence-electron chi connectivity index (χ0n) is 16.3. The number of hydrogen-bond acceptors (Lipinski definition) is 0. The number of fused-ring (bicyclic) bond motifs is 4. The Bertz CT molecular complexity index is 917. The van der Waals surface area contributed by atoms with Crippen molar-refractivity contribution in [3.05, 3.63) is 80.7 Å². The van der Waals surface area contributed by atoms with E-state index < -0.39 is 20.3 Å². The van der Waals surface area contributed by atoms with E-state index in [1.807, 2.05) is 3.28 Å². The average molecular weight is 489 g/mol. The van der Waals surface area contributed by atoms with E-state index in [2.05, 4.69) is 67.6 Å². The third-order valence-corrected chi connectivity index (χ3v) is 24.3. The second-order valence-electron chi connectivity index (χ2n) is 8.81. The molecule has 0 nitrogen and oxygen atoms in total. The van der Waals surface area contributed by atoms with Crippen LogP contribution in [0.5, 0.6) is 0 Å². The molecule has 2 aromatic carbocycles. The maximum atomic E-state index is 2.47. The topological polar surface area (TPSA) is 0 Å². The molecule has 1 aliphatic heterocycles. The summed E-state index contributed by atoms with van der Waals surface area (Å²) in [7, 11) is 0. The Labute approximate surface area is 185 Å². The summed E-state index contributed by atoms with van der Waals surface area (Å²) in [6.07, 6.45) is 12.2. The van der Waals surface area contributed by atoms with Gasteiger partial charge < -0.3 is 24.8 Å². The van der Waals surface area contributed by atoms with Crippen molar-refractivity contribution in [1.82, 2.24) is 0 Å². The molecule has 0 radical (unpaired) electrons. The van der Waals surface area contributed by atoms with Gasteiger partial charge in [-0.05, 0) is 0 Å².